The molecule has 1 aromatic carbocycles. The lowest BCUT2D eigenvalue weighted by Gasteiger charge is -2.15. The van der Waals surface area contributed by atoms with Gasteiger partial charge in [-0.25, -0.2) is 0 Å². The third kappa shape index (κ3) is 1.74. The fraction of sp³-hybridized carbons (Fsp3) is 0.455. The van der Waals surface area contributed by atoms with Gasteiger partial charge < -0.3 is 10.4 Å². The third-order valence-corrected chi connectivity index (χ3v) is 2.80. The Balaban J connectivity index is 2.16. The summed E-state index contributed by atoms with van der Waals surface area (Å²) in [5.41, 5.74) is 1.34. The highest BCUT2D eigenvalue weighted by atomic mass is 16.3. The molecule has 0 saturated carbocycles. The highest BCUT2D eigenvalue weighted by molar-refractivity contribution is 5.22. The quantitative estimate of drug-likeness (QED) is 0.706. The van der Waals surface area contributed by atoms with Crippen LogP contribution in [0.5, 0.6) is 0 Å². The van der Waals surface area contributed by atoms with Crippen LogP contribution in [-0.2, 0) is 0 Å². The summed E-state index contributed by atoms with van der Waals surface area (Å²) >= 11 is 0. The van der Waals surface area contributed by atoms with Crippen molar-refractivity contribution in [3.05, 3.63) is 35.9 Å². The number of aliphatic hydroxyl groups is 1. The van der Waals surface area contributed by atoms with Crippen molar-refractivity contribution in [1.29, 1.82) is 0 Å². The second-order valence-electron chi connectivity index (χ2n) is 3.62. The van der Waals surface area contributed by atoms with E-state index in [2.05, 4.69) is 29.6 Å². The van der Waals surface area contributed by atoms with Crippen LogP contribution in [0.3, 0.4) is 0 Å². The Morgan fingerprint density at radius 2 is 2.00 bits per heavy atom. The predicted molar refractivity (Wildman–Crippen MR) is 52.6 cm³/mol. The van der Waals surface area contributed by atoms with Crippen LogP contribution in [0.25, 0.3) is 0 Å². The fourth-order valence-corrected chi connectivity index (χ4v) is 2.02. The Morgan fingerprint density at radius 3 is 2.69 bits per heavy atom. The summed E-state index contributed by atoms with van der Waals surface area (Å²) in [6.07, 6.45) is 0. The average molecular weight is 177 g/mol. The van der Waals surface area contributed by atoms with Gasteiger partial charge in [0.15, 0.2) is 0 Å². The minimum atomic E-state index is 0.284. The molecule has 0 spiro atoms. The normalized spacial score (nSPS) is 27.8. The van der Waals surface area contributed by atoms with Gasteiger partial charge in [-0.2, -0.15) is 0 Å². The van der Waals surface area contributed by atoms with E-state index in [1.165, 1.54) is 5.56 Å². The SMILES string of the molecule is OC[C@H]1CNC[C@@H]1c1ccccc1. The highest BCUT2D eigenvalue weighted by Crippen LogP contribution is 2.27. The van der Waals surface area contributed by atoms with E-state index >= 15 is 0 Å². The van der Waals surface area contributed by atoms with Gasteiger partial charge in [0.1, 0.15) is 0 Å². The molecule has 1 heterocycles. The first kappa shape index (κ1) is 8.73. The maximum atomic E-state index is 9.16. The lowest BCUT2D eigenvalue weighted by atomic mass is 9.90. The molecular formula is C11H15NO. The molecule has 1 aliphatic rings. The molecule has 0 unspecified atom stereocenters. The molecule has 1 aromatic rings. The maximum absolute atomic E-state index is 9.16. The molecule has 1 saturated heterocycles. The van der Waals surface area contributed by atoms with Gasteiger partial charge in [-0.1, -0.05) is 30.3 Å². The molecule has 1 aliphatic heterocycles. The standard InChI is InChI=1S/C11H15NO/c13-8-10-6-12-7-11(10)9-4-2-1-3-5-9/h1-5,10-13H,6-8H2/t10-,11-/m1/s1. The molecule has 2 rings (SSSR count). The van der Waals surface area contributed by atoms with Crippen molar-refractivity contribution < 1.29 is 5.11 Å². The molecule has 2 nitrogen and oxygen atoms in total. The van der Waals surface area contributed by atoms with Crippen molar-refractivity contribution in [2.75, 3.05) is 19.7 Å². The molecular weight excluding hydrogens is 162 g/mol. The van der Waals surface area contributed by atoms with Crippen LogP contribution in [0, 0.1) is 5.92 Å². The van der Waals surface area contributed by atoms with Crippen molar-refractivity contribution in [1.82, 2.24) is 5.32 Å². The van der Waals surface area contributed by atoms with Gasteiger partial charge in [0.05, 0.1) is 0 Å². The van der Waals surface area contributed by atoms with Gasteiger partial charge in [-0.15, -0.1) is 0 Å². The highest BCUT2D eigenvalue weighted by Gasteiger charge is 2.27. The number of rotatable bonds is 2. The summed E-state index contributed by atoms with van der Waals surface area (Å²) in [6, 6.07) is 10.4. The number of hydrogen-bond acceptors (Lipinski definition) is 2. The summed E-state index contributed by atoms with van der Waals surface area (Å²) in [6.45, 7) is 2.22. The van der Waals surface area contributed by atoms with Crippen LogP contribution in [0.4, 0.5) is 0 Å². The van der Waals surface area contributed by atoms with Crippen LogP contribution in [0.1, 0.15) is 11.5 Å². The first-order valence-corrected chi connectivity index (χ1v) is 4.78. The number of benzene rings is 1. The Hall–Kier alpha value is -0.860. The molecule has 2 heteroatoms. The zero-order chi connectivity index (χ0) is 9.10. The molecule has 0 aliphatic carbocycles. The van der Waals surface area contributed by atoms with E-state index in [4.69, 9.17) is 5.11 Å². The summed E-state index contributed by atoms with van der Waals surface area (Å²) in [5.74, 6) is 0.883. The number of hydrogen-bond donors (Lipinski definition) is 2. The lowest BCUT2D eigenvalue weighted by molar-refractivity contribution is 0.226. The molecule has 2 atom stereocenters. The van der Waals surface area contributed by atoms with E-state index in [1.54, 1.807) is 0 Å². The van der Waals surface area contributed by atoms with Crippen molar-refractivity contribution in [3.63, 3.8) is 0 Å². The van der Waals surface area contributed by atoms with Gasteiger partial charge in [-0.3, -0.25) is 0 Å². The minimum absolute atomic E-state index is 0.284. The molecule has 0 amide bonds. The topological polar surface area (TPSA) is 32.3 Å². The van der Waals surface area contributed by atoms with Crippen molar-refractivity contribution in [2.24, 2.45) is 5.92 Å². The summed E-state index contributed by atoms with van der Waals surface area (Å²) in [4.78, 5) is 0. The van der Waals surface area contributed by atoms with Crippen molar-refractivity contribution in [2.45, 2.75) is 5.92 Å². The van der Waals surface area contributed by atoms with E-state index in [0.29, 0.717) is 11.8 Å². The average Bonchev–Trinajstić information content (AvgIpc) is 2.67. The summed E-state index contributed by atoms with van der Waals surface area (Å²) in [5, 5.41) is 12.5. The van der Waals surface area contributed by atoms with E-state index in [-0.39, 0.29) is 6.61 Å². The first-order chi connectivity index (χ1) is 6.42. The van der Waals surface area contributed by atoms with Gasteiger partial charge in [0, 0.05) is 31.5 Å². The maximum Gasteiger partial charge on any atom is 0.0477 e. The molecule has 0 bridgehead atoms. The fourth-order valence-electron chi connectivity index (χ4n) is 2.02. The number of aliphatic hydroxyl groups excluding tert-OH is 1. The Labute approximate surface area is 78.6 Å². The summed E-state index contributed by atoms with van der Waals surface area (Å²) < 4.78 is 0. The zero-order valence-electron chi connectivity index (χ0n) is 7.61. The smallest absolute Gasteiger partial charge is 0.0477 e. The van der Waals surface area contributed by atoms with Crippen LogP contribution in [0.2, 0.25) is 0 Å². The Bertz CT molecular complexity index is 260. The van der Waals surface area contributed by atoms with Crippen molar-refractivity contribution in [3.8, 4) is 0 Å². The van der Waals surface area contributed by atoms with Gasteiger partial charge in [-0.05, 0) is 5.56 Å². The molecule has 0 aromatic heterocycles. The Kier molecular flexibility index (Phi) is 2.62. The molecule has 13 heavy (non-hydrogen) atoms. The largest absolute Gasteiger partial charge is 0.396 e. The van der Waals surface area contributed by atoms with Gasteiger partial charge in [0.2, 0.25) is 0 Å². The van der Waals surface area contributed by atoms with Gasteiger partial charge in [0.25, 0.3) is 0 Å². The monoisotopic (exact) mass is 177 g/mol. The van der Waals surface area contributed by atoms with Crippen LogP contribution in [0.15, 0.2) is 30.3 Å². The zero-order valence-corrected chi connectivity index (χ0v) is 7.61. The van der Waals surface area contributed by atoms with Crippen LogP contribution < -0.4 is 5.32 Å². The molecule has 2 N–H and O–H groups in total. The summed E-state index contributed by atoms with van der Waals surface area (Å²) in [7, 11) is 0. The Morgan fingerprint density at radius 1 is 1.23 bits per heavy atom. The number of nitrogens with one attached hydrogen (secondary N) is 1. The van der Waals surface area contributed by atoms with Crippen LogP contribution in [-0.4, -0.2) is 24.8 Å². The molecule has 70 valence electrons. The molecule has 0 radical (unpaired) electrons. The van der Waals surface area contributed by atoms with E-state index in [1.807, 2.05) is 6.07 Å². The second-order valence-corrected chi connectivity index (χ2v) is 3.62. The van der Waals surface area contributed by atoms with E-state index in [9.17, 15) is 0 Å². The minimum Gasteiger partial charge on any atom is -0.396 e. The van der Waals surface area contributed by atoms with E-state index in [0.717, 1.165) is 13.1 Å². The predicted octanol–water partition coefficient (Wildman–Crippen LogP) is 0.982. The third-order valence-electron chi connectivity index (χ3n) is 2.80. The second kappa shape index (κ2) is 3.90. The van der Waals surface area contributed by atoms with Crippen molar-refractivity contribution >= 4 is 0 Å². The van der Waals surface area contributed by atoms with E-state index < -0.39 is 0 Å². The first-order valence-electron chi connectivity index (χ1n) is 4.78. The van der Waals surface area contributed by atoms with Crippen LogP contribution >= 0.6 is 0 Å². The molecule has 1 fully saturated rings. The van der Waals surface area contributed by atoms with Gasteiger partial charge >= 0.3 is 0 Å². The lowest BCUT2D eigenvalue weighted by Crippen LogP contribution is -2.14.